The minimum atomic E-state index is -0.322. The molecule has 1 fully saturated rings. The van der Waals surface area contributed by atoms with Gasteiger partial charge in [-0.1, -0.05) is 30.3 Å². The third-order valence-corrected chi connectivity index (χ3v) is 4.18. The van der Waals surface area contributed by atoms with E-state index in [-0.39, 0.29) is 29.9 Å². The van der Waals surface area contributed by atoms with Gasteiger partial charge < -0.3 is 9.80 Å². The predicted molar refractivity (Wildman–Crippen MR) is 87.1 cm³/mol. The Bertz CT molecular complexity index is 517. The number of amides is 2. The van der Waals surface area contributed by atoms with Gasteiger partial charge in [-0.05, 0) is 39.7 Å². The Morgan fingerprint density at radius 1 is 1.18 bits per heavy atom. The van der Waals surface area contributed by atoms with Crippen molar-refractivity contribution < 1.29 is 9.59 Å². The first-order valence-electron chi connectivity index (χ1n) is 8.07. The summed E-state index contributed by atoms with van der Waals surface area (Å²) in [5.41, 5.74) is 1.07. The first kappa shape index (κ1) is 16.5. The van der Waals surface area contributed by atoms with Gasteiger partial charge in [-0.25, -0.2) is 0 Å². The molecule has 4 heteroatoms. The molecule has 120 valence electrons. The number of hydrogen-bond donors (Lipinski definition) is 0. The average molecular weight is 302 g/mol. The number of likely N-dealkylation sites (tertiary alicyclic amines) is 1. The molecule has 2 amide bonds. The minimum absolute atomic E-state index is 0.0757. The van der Waals surface area contributed by atoms with E-state index in [9.17, 15) is 9.59 Å². The van der Waals surface area contributed by atoms with E-state index in [0.29, 0.717) is 19.4 Å². The number of hydrogen-bond acceptors (Lipinski definition) is 2. The zero-order chi connectivity index (χ0) is 16.3. The van der Waals surface area contributed by atoms with Crippen LogP contribution < -0.4 is 0 Å². The average Bonchev–Trinajstić information content (AvgIpc) is 2.80. The van der Waals surface area contributed by atoms with Crippen molar-refractivity contribution in [3.63, 3.8) is 0 Å². The summed E-state index contributed by atoms with van der Waals surface area (Å²) in [5.74, 6) is 0.154. The third-order valence-electron chi connectivity index (χ3n) is 4.18. The van der Waals surface area contributed by atoms with Crippen molar-refractivity contribution >= 4 is 11.8 Å². The van der Waals surface area contributed by atoms with Crippen LogP contribution in [-0.2, 0) is 16.1 Å². The number of rotatable bonds is 5. The van der Waals surface area contributed by atoms with Crippen molar-refractivity contribution in [3.05, 3.63) is 35.9 Å². The maximum absolute atomic E-state index is 12.9. The van der Waals surface area contributed by atoms with Crippen LogP contribution in [0.5, 0.6) is 0 Å². The summed E-state index contributed by atoms with van der Waals surface area (Å²) in [5, 5.41) is 0. The highest BCUT2D eigenvalue weighted by atomic mass is 16.2. The van der Waals surface area contributed by atoms with Crippen LogP contribution in [0.2, 0.25) is 0 Å². The van der Waals surface area contributed by atoms with Gasteiger partial charge in [-0.2, -0.15) is 0 Å². The van der Waals surface area contributed by atoms with Gasteiger partial charge in [0, 0.05) is 25.0 Å². The molecule has 0 N–H and O–H groups in total. The highest BCUT2D eigenvalue weighted by molar-refractivity contribution is 5.91. The van der Waals surface area contributed by atoms with Gasteiger partial charge in [0.2, 0.25) is 11.8 Å². The number of carbonyl (C=O) groups excluding carboxylic acids is 2. The molecular formula is C18H26N2O2. The largest absolute Gasteiger partial charge is 0.336 e. The van der Waals surface area contributed by atoms with Crippen molar-refractivity contribution in [3.8, 4) is 0 Å². The molecule has 0 bridgehead atoms. The Kier molecular flexibility index (Phi) is 5.22. The first-order valence-corrected chi connectivity index (χ1v) is 8.07. The molecular weight excluding hydrogens is 276 g/mol. The van der Waals surface area contributed by atoms with Crippen LogP contribution in [0.1, 0.15) is 46.1 Å². The molecule has 0 aliphatic carbocycles. The van der Waals surface area contributed by atoms with E-state index in [1.54, 1.807) is 4.90 Å². The molecule has 0 aromatic heterocycles. The topological polar surface area (TPSA) is 40.6 Å². The highest BCUT2D eigenvalue weighted by Crippen LogP contribution is 2.24. The summed E-state index contributed by atoms with van der Waals surface area (Å²) >= 11 is 0. The maximum Gasteiger partial charge on any atom is 0.245 e. The van der Waals surface area contributed by atoms with E-state index in [1.807, 2.05) is 62.9 Å². The summed E-state index contributed by atoms with van der Waals surface area (Å²) in [7, 11) is 0. The lowest BCUT2D eigenvalue weighted by atomic mass is 10.1. The lowest BCUT2D eigenvalue weighted by Gasteiger charge is -2.35. The number of carbonyl (C=O) groups is 2. The van der Waals surface area contributed by atoms with Crippen LogP contribution in [-0.4, -0.2) is 39.7 Å². The fourth-order valence-corrected chi connectivity index (χ4v) is 3.25. The summed E-state index contributed by atoms with van der Waals surface area (Å²) in [6, 6.07) is 9.83. The Balaban J connectivity index is 2.18. The van der Waals surface area contributed by atoms with Gasteiger partial charge in [-0.15, -0.1) is 0 Å². The second-order valence-electron chi connectivity index (χ2n) is 6.49. The van der Waals surface area contributed by atoms with E-state index in [4.69, 9.17) is 0 Å². The van der Waals surface area contributed by atoms with Gasteiger partial charge >= 0.3 is 0 Å². The molecule has 1 heterocycles. The van der Waals surface area contributed by atoms with E-state index < -0.39 is 0 Å². The Hall–Kier alpha value is -1.84. The Labute approximate surface area is 133 Å². The van der Waals surface area contributed by atoms with Crippen molar-refractivity contribution in [2.24, 2.45) is 0 Å². The Morgan fingerprint density at radius 3 is 2.32 bits per heavy atom. The summed E-state index contributed by atoms with van der Waals surface area (Å²) in [6.07, 6.45) is 1.09. The summed E-state index contributed by atoms with van der Waals surface area (Å²) < 4.78 is 0. The molecule has 1 aliphatic rings. The standard InChI is InChI=1S/C18H26N2O2/c1-13(2)20(14(3)4)18(22)16-10-11-17(21)19(16)12-15-8-6-5-7-9-15/h5-9,13-14,16H,10-12H2,1-4H3. The van der Waals surface area contributed by atoms with Crippen molar-refractivity contribution in [1.29, 1.82) is 0 Å². The zero-order valence-corrected chi connectivity index (χ0v) is 14.0. The molecule has 22 heavy (non-hydrogen) atoms. The molecule has 1 atom stereocenters. The van der Waals surface area contributed by atoms with E-state index >= 15 is 0 Å². The number of nitrogens with zero attached hydrogens (tertiary/aromatic N) is 2. The Morgan fingerprint density at radius 2 is 1.77 bits per heavy atom. The number of benzene rings is 1. The van der Waals surface area contributed by atoms with E-state index in [2.05, 4.69) is 0 Å². The van der Waals surface area contributed by atoms with Crippen molar-refractivity contribution in [2.75, 3.05) is 0 Å². The van der Waals surface area contributed by atoms with Crippen molar-refractivity contribution in [2.45, 2.75) is 65.2 Å². The molecule has 4 nitrogen and oxygen atoms in total. The van der Waals surface area contributed by atoms with E-state index in [1.165, 1.54) is 0 Å². The fraction of sp³-hybridized carbons (Fsp3) is 0.556. The normalized spacial score (nSPS) is 18.4. The summed E-state index contributed by atoms with van der Waals surface area (Å²) in [6.45, 7) is 8.61. The highest BCUT2D eigenvalue weighted by Gasteiger charge is 2.39. The van der Waals surface area contributed by atoms with Crippen LogP contribution in [0.25, 0.3) is 0 Å². The smallest absolute Gasteiger partial charge is 0.245 e. The minimum Gasteiger partial charge on any atom is -0.336 e. The van der Waals surface area contributed by atoms with E-state index in [0.717, 1.165) is 5.56 Å². The van der Waals surface area contributed by atoms with Gasteiger partial charge in [0.25, 0.3) is 0 Å². The molecule has 1 aliphatic heterocycles. The maximum atomic E-state index is 12.9. The second kappa shape index (κ2) is 6.95. The van der Waals surface area contributed by atoms with Gasteiger partial charge in [-0.3, -0.25) is 9.59 Å². The quantitative estimate of drug-likeness (QED) is 0.839. The lowest BCUT2D eigenvalue weighted by Crippen LogP contribution is -2.51. The second-order valence-corrected chi connectivity index (χ2v) is 6.49. The van der Waals surface area contributed by atoms with Gasteiger partial charge in [0.1, 0.15) is 6.04 Å². The van der Waals surface area contributed by atoms with Crippen LogP contribution in [0.3, 0.4) is 0 Å². The molecule has 0 saturated carbocycles. The molecule has 2 rings (SSSR count). The molecule has 1 aromatic rings. The van der Waals surface area contributed by atoms with Gasteiger partial charge in [0.15, 0.2) is 0 Å². The monoisotopic (exact) mass is 302 g/mol. The predicted octanol–water partition coefficient (Wildman–Crippen LogP) is 2.82. The summed E-state index contributed by atoms with van der Waals surface area (Å²) in [4.78, 5) is 28.8. The first-order chi connectivity index (χ1) is 10.4. The fourth-order valence-electron chi connectivity index (χ4n) is 3.25. The molecule has 1 unspecified atom stereocenters. The van der Waals surface area contributed by atoms with Gasteiger partial charge in [0.05, 0.1) is 0 Å². The van der Waals surface area contributed by atoms with Crippen LogP contribution >= 0.6 is 0 Å². The van der Waals surface area contributed by atoms with Crippen LogP contribution in [0, 0.1) is 0 Å². The SMILES string of the molecule is CC(C)N(C(=O)C1CCC(=O)N1Cc1ccccc1)C(C)C. The van der Waals surface area contributed by atoms with Crippen LogP contribution in [0.15, 0.2) is 30.3 Å². The molecule has 0 spiro atoms. The molecule has 1 aromatic carbocycles. The lowest BCUT2D eigenvalue weighted by molar-refractivity contribution is -0.144. The van der Waals surface area contributed by atoms with Crippen LogP contribution in [0.4, 0.5) is 0 Å². The van der Waals surface area contributed by atoms with Crippen molar-refractivity contribution in [1.82, 2.24) is 9.80 Å². The third kappa shape index (κ3) is 3.49. The molecule has 1 saturated heterocycles. The zero-order valence-electron chi connectivity index (χ0n) is 14.0. The molecule has 0 radical (unpaired) electrons.